The molecule has 2 heterocycles. The first-order valence-electron chi connectivity index (χ1n) is 5.47. The van der Waals surface area contributed by atoms with Crippen LogP contribution >= 0.6 is 11.8 Å². The first-order valence-corrected chi connectivity index (χ1v) is 6.45. The minimum atomic E-state index is 0.188. The molecule has 0 spiro atoms. The van der Waals surface area contributed by atoms with E-state index in [2.05, 4.69) is 27.8 Å². The van der Waals surface area contributed by atoms with Crippen molar-refractivity contribution in [1.82, 2.24) is 25.6 Å². The lowest BCUT2D eigenvalue weighted by Crippen LogP contribution is -2.50. The van der Waals surface area contributed by atoms with E-state index in [1.54, 1.807) is 7.05 Å². The number of nitrogens with two attached hydrogens (primary N) is 1. The second kappa shape index (κ2) is 4.68. The Morgan fingerprint density at radius 1 is 1.69 bits per heavy atom. The topological polar surface area (TPSA) is 81.7 Å². The van der Waals surface area contributed by atoms with Gasteiger partial charge in [-0.2, -0.15) is 16.6 Å². The van der Waals surface area contributed by atoms with Crippen molar-refractivity contribution in [1.29, 1.82) is 0 Å². The monoisotopic (exact) mass is 242 g/mol. The summed E-state index contributed by atoms with van der Waals surface area (Å²) in [5, 5.41) is 12.0. The van der Waals surface area contributed by atoms with Crippen molar-refractivity contribution in [2.75, 3.05) is 5.75 Å². The molecule has 0 bridgehead atoms. The zero-order valence-corrected chi connectivity index (χ0v) is 10.5. The number of thioether (sulfide) groups is 1. The fourth-order valence-electron chi connectivity index (χ4n) is 2.11. The quantitative estimate of drug-likeness (QED) is 0.565. The van der Waals surface area contributed by atoms with E-state index >= 15 is 0 Å². The highest BCUT2D eigenvalue weighted by atomic mass is 32.2. The molecule has 0 amide bonds. The Hall–Kier alpha value is -0.660. The zero-order valence-electron chi connectivity index (χ0n) is 9.68. The Morgan fingerprint density at radius 2 is 2.50 bits per heavy atom. The number of nitrogens with one attached hydrogen (secondary N) is 1. The predicted molar refractivity (Wildman–Crippen MR) is 63.7 cm³/mol. The van der Waals surface area contributed by atoms with Crippen LogP contribution in [0.4, 0.5) is 0 Å². The summed E-state index contributed by atoms with van der Waals surface area (Å²) < 4.78 is 0.188. The average molecular weight is 242 g/mol. The van der Waals surface area contributed by atoms with Crippen LogP contribution in [0.1, 0.15) is 25.6 Å². The largest absolute Gasteiger partial charge is 0.271 e. The molecule has 1 saturated heterocycles. The molecule has 2 unspecified atom stereocenters. The molecule has 1 fully saturated rings. The summed E-state index contributed by atoms with van der Waals surface area (Å²) in [4.78, 5) is 1.48. The Labute approximate surface area is 99.3 Å². The standard InChI is InChI=1S/C9H18N6S/c1-9(4-3-5-16-9)7(11-10)6-8-12-14-15(2)13-8/h7,11H,3-6,10H2,1-2H3. The van der Waals surface area contributed by atoms with Crippen LogP contribution < -0.4 is 11.3 Å². The lowest BCUT2D eigenvalue weighted by Gasteiger charge is -2.31. The third-order valence-corrected chi connectivity index (χ3v) is 4.76. The van der Waals surface area contributed by atoms with Crippen LogP contribution in [0.25, 0.3) is 0 Å². The number of nitrogens with zero attached hydrogens (tertiary/aromatic N) is 4. The summed E-state index contributed by atoms with van der Waals surface area (Å²) in [7, 11) is 1.77. The van der Waals surface area contributed by atoms with Gasteiger partial charge in [0.1, 0.15) is 0 Å². The van der Waals surface area contributed by atoms with Gasteiger partial charge in [-0.25, -0.2) is 0 Å². The number of rotatable bonds is 4. The second-order valence-corrected chi connectivity index (χ2v) is 6.01. The predicted octanol–water partition coefficient (Wildman–Crippen LogP) is -0.130. The second-order valence-electron chi connectivity index (χ2n) is 4.38. The van der Waals surface area contributed by atoms with E-state index in [-0.39, 0.29) is 10.8 Å². The van der Waals surface area contributed by atoms with Gasteiger partial charge in [0.25, 0.3) is 0 Å². The van der Waals surface area contributed by atoms with Crippen LogP contribution in [0.3, 0.4) is 0 Å². The van der Waals surface area contributed by atoms with Gasteiger partial charge >= 0.3 is 0 Å². The third kappa shape index (κ3) is 2.36. The van der Waals surface area contributed by atoms with Crippen molar-refractivity contribution in [3.05, 3.63) is 5.82 Å². The first kappa shape index (κ1) is 11.8. The molecule has 1 aromatic rings. The van der Waals surface area contributed by atoms with Gasteiger partial charge in [0, 0.05) is 17.2 Å². The van der Waals surface area contributed by atoms with E-state index in [1.165, 1.54) is 23.4 Å². The van der Waals surface area contributed by atoms with Crippen LogP contribution in [0.15, 0.2) is 0 Å². The van der Waals surface area contributed by atoms with Gasteiger partial charge in [0.15, 0.2) is 5.82 Å². The van der Waals surface area contributed by atoms with E-state index in [0.717, 1.165) is 12.2 Å². The lowest BCUT2D eigenvalue weighted by molar-refractivity contribution is 0.399. The van der Waals surface area contributed by atoms with Gasteiger partial charge in [-0.15, -0.1) is 10.2 Å². The molecule has 90 valence electrons. The molecule has 2 atom stereocenters. The number of tetrazole rings is 1. The van der Waals surface area contributed by atoms with Gasteiger partial charge in [0.05, 0.1) is 7.05 Å². The molecule has 16 heavy (non-hydrogen) atoms. The molecule has 1 aromatic heterocycles. The Bertz CT molecular complexity index is 346. The van der Waals surface area contributed by atoms with E-state index in [0.29, 0.717) is 0 Å². The molecule has 0 aliphatic carbocycles. The van der Waals surface area contributed by atoms with Crippen LogP contribution in [0.5, 0.6) is 0 Å². The molecule has 1 aliphatic heterocycles. The highest BCUT2D eigenvalue weighted by molar-refractivity contribution is 8.00. The zero-order chi connectivity index (χ0) is 11.6. The number of aromatic nitrogens is 4. The minimum Gasteiger partial charge on any atom is -0.271 e. The summed E-state index contributed by atoms with van der Waals surface area (Å²) in [5.74, 6) is 7.61. The highest BCUT2D eigenvalue weighted by Gasteiger charge is 2.38. The fourth-order valence-corrected chi connectivity index (χ4v) is 3.51. The Morgan fingerprint density at radius 3 is 3.00 bits per heavy atom. The maximum atomic E-state index is 5.65. The average Bonchev–Trinajstić information content (AvgIpc) is 2.85. The van der Waals surface area contributed by atoms with Crippen molar-refractivity contribution in [2.45, 2.75) is 37.0 Å². The van der Waals surface area contributed by atoms with Gasteiger partial charge in [-0.3, -0.25) is 11.3 Å². The summed E-state index contributed by atoms with van der Waals surface area (Å²) in [5.41, 5.74) is 2.90. The van der Waals surface area contributed by atoms with Crippen molar-refractivity contribution >= 4 is 11.8 Å². The summed E-state index contributed by atoms with van der Waals surface area (Å²) in [6, 6.07) is 0.198. The Balaban J connectivity index is 2.05. The molecule has 6 nitrogen and oxygen atoms in total. The lowest BCUT2D eigenvalue weighted by atomic mass is 9.94. The van der Waals surface area contributed by atoms with Crippen molar-refractivity contribution in [3.63, 3.8) is 0 Å². The van der Waals surface area contributed by atoms with Gasteiger partial charge < -0.3 is 0 Å². The van der Waals surface area contributed by atoms with Crippen LogP contribution in [-0.2, 0) is 13.5 Å². The maximum Gasteiger partial charge on any atom is 0.176 e. The van der Waals surface area contributed by atoms with E-state index in [9.17, 15) is 0 Å². The number of hydrazine groups is 1. The summed E-state index contributed by atoms with van der Waals surface area (Å²) >= 11 is 1.98. The molecule has 0 aromatic carbocycles. The van der Waals surface area contributed by atoms with Crippen LogP contribution in [-0.4, -0.2) is 36.7 Å². The van der Waals surface area contributed by atoms with E-state index < -0.39 is 0 Å². The van der Waals surface area contributed by atoms with Crippen molar-refractivity contribution in [2.24, 2.45) is 12.9 Å². The molecule has 3 N–H and O–H groups in total. The first-order chi connectivity index (χ1) is 7.64. The molecule has 7 heteroatoms. The van der Waals surface area contributed by atoms with E-state index in [4.69, 9.17) is 5.84 Å². The molecular weight excluding hydrogens is 224 g/mol. The normalized spacial score (nSPS) is 27.2. The summed E-state index contributed by atoms with van der Waals surface area (Å²) in [6.07, 6.45) is 3.17. The van der Waals surface area contributed by atoms with Crippen molar-refractivity contribution < 1.29 is 0 Å². The fraction of sp³-hybridized carbons (Fsp3) is 0.889. The molecule has 0 saturated carbocycles. The molecular formula is C9H18N6S. The number of hydrogen-bond donors (Lipinski definition) is 2. The van der Waals surface area contributed by atoms with Crippen molar-refractivity contribution in [3.8, 4) is 0 Å². The van der Waals surface area contributed by atoms with Gasteiger partial charge in [-0.1, -0.05) is 0 Å². The van der Waals surface area contributed by atoms with Crippen LogP contribution in [0, 0.1) is 0 Å². The molecule has 2 rings (SSSR count). The molecule has 0 radical (unpaired) electrons. The Kier molecular flexibility index (Phi) is 3.46. The SMILES string of the molecule is Cn1nnc(CC(NN)C2(C)CCCS2)n1. The van der Waals surface area contributed by atoms with E-state index in [1.807, 2.05) is 11.8 Å². The molecule has 1 aliphatic rings. The minimum absolute atomic E-state index is 0.188. The number of aryl methyl sites for hydroxylation is 1. The maximum absolute atomic E-state index is 5.65. The smallest absolute Gasteiger partial charge is 0.176 e. The number of hydrogen-bond acceptors (Lipinski definition) is 6. The highest BCUT2D eigenvalue weighted by Crippen LogP contribution is 2.40. The van der Waals surface area contributed by atoms with Crippen LogP contribution in [0.2, 0.25) is 0 Å². The summed E-state index contributed by atoms with van der Waals surface area (Å²) in [6.45, 7) is 2.26. The third-order valence-electron chi connectivity index (χ3n) is 3.12. The van der Waals surface area contributed by atoms with Gasteiger partial charge in [-0.05, 0) is 30.7 Å². The van der Waals surface area contributed by atoms with Gasteiger partial charge in [0.2, 0.25) is 0 Å².